The molecule has 1 unspecified atom stereocenters. The third-order valence-electron chi connectivity index (χ3n) is 7.15. The maximum absolute atomic E-state index is 6.20. The largest absolute Gasteiger partial charge is 0.491 e. The molecule has 6 rings (SSSR count). The number of rotatable bonds is 5. The normalized spacial score (nSPS) is 17.1. The molecule has 0 saturated carbocycles. The molecule has 5 heterocycles. The molecule has 35 heavy (non-hydrogen) atoms. The average molecular weight is 470 g/mol. The Bertz CT molecular complexity index is 1370. The molecule has 3 aromatic heterocycles. The van der Waals surface area contributed by atoms with Gasteiger partial charge in [-0.3, -0.25) is 0 Å². The van der Waals surface area contributed by atoms with Crippen molar-refractivity contribution in [2.24, 2.45) is 0 Å². The van der Waals surface area contributed by atoms with Crippen molar-refractivity contribution in [3.63, 3.8) is 0 Å². The monoisotopic (exact) mass is 469 g/mol. The molecule has 2 aliphatic rings. The van der Waals surface area contributed by atoms with E-state index in [0.29, 0.717) is 12.6 Å². The highest BCUT2D eigenvalue weighted by Crippen LogP contribution is 2.37. The molecule has 0 amide bonds. The maximum atomic E-state index is 6.20. The predicted octanol–water partition coefficient (Wildman–Crippen LogP) is 4.44. The number of nitrogens with zero attached hydrogens (tertiary/aromatic N) is 7. The van der Waals surface area contributed by atoms with E-state index in [1.54, 1.807) is 0 Å². The molecule has 0 aliphatic carbocycles. The first-order chi connectivity index (χ1) is 17.1. The van der Waals surface area contributed by atoms with Gasteiger partial charge in [0.15, 0.2) is 5.82 Å². The van der Waals surface area contributed by atoms with E-state index in [4.69, 9.17) is 14.7 Å². The van der Waals surface area contributed by atoms with Gasteiger partial charge in [0.05, 0.1) is 12.1 Å². The lowest BCUT2D eigenvalue weighted by Gasteiger charge is -2.27. The minimum absolute atomic E-state index is 0.449. The van der Waals surface area contributed by atoms with E-state index in [2.05, 4.69) is 69.9 Å². The third kappa shape index (κ3) is 3.96. The fraction of sp³-hybridized carbons (Fsp3) is 0.407. The van der Waals surface area contributed by atoms with E-state index in [-0.39, 0.29) is 0 Å². The van der Waals surface area contributed by atoms with Gasteiger partial charge in [-0.05, 0) is 51.2 Å². The Morgan fingerprint density at radius 3 is 2.83 bits per heavy atom. The van der Waals surface area contributed by atoms with E-state index in [9.17, 15) is 0 Å². The summed E-state index contributed by atoms with van der Waals surface area (Å²) in [6.07, 6.45) is 7.38. The van der Waals surface area contributed by atoms with E-state index in [0.717, 1.165) is 66.4 Å². The summed E-state index contributed by atoms with van der Waals surface area (Å²) in [6.45, 7) is 9.27. The van der Waals surface area contributed by atoms with Crippen LogP contribution in [-0.4, -0.2) is 48.5 Å². The quantitative estimate of drug-likeness (QED) is 0.430. The number of aromatic nitrogens is 6. The Balaban J connectivity index is 1.32. The number of benzene rings is 1. The highest BCUT2D eigenvalue weighted by atomic mass is 16.5. The highest BCUT2D eigenvalue weighted by molar-refractivity contribution is 5.69. The first kappa shape index (κ1) is 21.8. The van der Waals surface area contributed by atoms with Gasteiger partial charge < -0.3 is 14.2 Å². The van der Waals surface area contributed by atoms with Gasteiger partial charge in [0.1, 0.15) is 35.5 Å². The highest BCUT2D eigenvalue weighted by Gasteiger charge is 2.28. The van der Waals surface area contributed by atoms with Crippen LogP contribution >= 0.6 is 0 Å². The zero-order valence-corrected chi connectivity index (χ0v) is 20.6. The van der Waals surface area contributed by atoms with Crippen LogP contribution in [0.2, 0.25) is 0 Å². The van der Waals surface area contributed by atoms with Gasteiger partial charge in [-0.1, -0.05) is 24.3 Å². The molecule has 8 nitrogen and oxygen atoms in total. The molecule has 1 atom stereocenters. The second kappa shape index (κ2) is 8.83. The van der Waals surface area contributed by atoms with Crippen LogP contribution < -0.4 is 9.64 Å². The molecular formula is C27H31N7O. The molecule has 4 aromatic rings. The molecule has 1 aromatic carbocycles. The van der Waals surface area contributed by atoms with Gasteiger partial charge in [0.25, 0.3) is 0 Å². The van der Waals surface area contributed by atoms with Crippen LogP contribution in [0.3, 0.4) is 0 Å². The Morgan fingerprint density at radius 1 is 1.09 bits per heavy atom. The van der Waals surface area contributed by atoms with Gasteiger partial charge in [0.2, 0.25) is 0 Å². The molecule has 180 valence electrons. The second-order valence-corrected chi connectivity index (χ2v) is 9.45. The predicted molar refractivity (Wildman–Crippen MR) is 136 cm³/mol. The molecule has 1 fully saturated rings. The lowest BCUT2D eigenvalue weighted by atomic mass is 10.00. The topological polar surface area (TPSA) is 73.9 Å². The number of ether oxygens (including phenoxy) is 1. The van der Waals surface area contributed by atoms with Crippen molar-refractivity contribution < 1.29 is 4.74 Å². The van der Waals surface area contributed by atoms with Crippen molar-refractivity contribution >= 4 is 5.82 Å². The van der Waals surface area contributed by atoms with Crippen molar-refractivity contribution in [3.8, 4) is 28.7 Å². The lowest BCUT2D eigenvalue weighted by molar-refractivity contribution is 0.306. The molecule has 1 saturated heterocycles. The molecular weight excluding hydrogens is 438 g/mol. The minimum atomic E-state index is 0.449. The van der Waals surface area contributed by atoms with E-state index in [1.807, 2.05) is 17.8 Å². The number of imidazole rings is 1. The number of aryl methyl sites for hydroxylation is 3. The summed E-state index contributed by atoms with van der Waals surface area (Å²) >= 11 is 0. The maximum Gasteiger partial charge on any atom is 0.178 e. The number of hydrogen-bond donors (Lipinski definition) is 0. The SMILES string of the molecule is CCn1nc(C)nc1-c1cn2c(n1)-c1cnc(N3CCCC3Cc3ccccc3C)cc1OCC2. The van der Waals surface area contributed by atoms with Crippen LogP contribution in [0.25, 0.3) is 22.9 Å². The van der Waals surface area contributed by atoms with Gasteiger partial charge in [-0.15, -0.1) is 0 Å². The van der Waals surface area contributed by atoms with Crippen LogP contribution in [0.5, 0.6) is 5.75 Å². The number of hydrogen-bond acceptors (Lipinski definition) is 6. The van der Waals surface area contributed by atoms with Crippen LogP contribution in [0.15, 0.2) is 42.7 Å². The Kier molecular flexibility index (Phi) is 5.51. The fourth-order valence-corrected chi connectivity index (χ4v) is 5.34. The molecule has 0 radical (unpaired) electrons. The third-order valence-corrected chi connectivity index (χ3v) is 7.15. The van der Waals surface area contributed by atoms with Crippen LogP contribution in [0.4, 0.5) is 5.82 Å². The first-order valence-electron chi connectivity index (χ1n) is 12.5. The summed E-state index contributed by atoms with van der Waals surface area (Å²) in [5.41, 5.74) is 4.53. The van der Waals surface area contributed by atoms with Crippen LogP contribution in [-0.2, 0) is 19.5 Å². The van der Waals surface area contributed by atoms with Crippen molar-refractivity contribution in [1.29, 1.82) is 0 Å². The lowest BCUT2D eigenvalue weighted by Crippen LogP contribution is -2.31. The van der Waals surface area contributed by atoms with E-state index < -0.39 is 0 Å². The number of fused-ring (bicyclic) bond motifs is 3. The summed E-state index contributed by atoms with van der Waals surface area (Å²) in [7, 11) is 0. The smallest absolute Gasteiger partial charge is 0.178 e. The van der Waals surface area contributed by atoms with E-state index in [1.165, 1.54) is 24.0 Å². The Hall–Kier alpha value is -3.68. The zero-order chi connectivity index (χ0) is 23.9. The summed E-state index contributed by atoms with van der Waals surface area (Å²) < 4.78 is 10.2. The molecule has 0 bridgehead atoms. The Morgan fingerprint density at radius 2 is 1.97 bits per heavy atom. The van der Waals surface area contributed by atoms with Crippen molar-refractivity contribution in [3.05, 3.63) is 59.7 Å². The summed E-state index contributed by atoms with van der Waals surface area (Å²) in [6, 6.07) is 11.2. The standard InChI is InChI=1S/C27H31N7O/c1-4-34-27(29-19(3)31-34)23-17-32-12-13-35-24-15-25(28-16-22(24)26(32)30-23)33-11-7-10-21(33)14-20-9-6-5-8-18(20)2/h5-6,8-9,15-17,21H,4,7,10-14H2,1-3H3. The van der Waals surface area contributed by atoms with Gasteiger partial charge in [-0.2, -0.15) is 5.10 Å². The summed E-state index contributed by atoms with van der Waals surface area (Å²) in [5, 5.41) is 4.49. The second-order valence-electron chi connectivity index (χ2n) is 9.45. The molecule has 2 aliphatic heterocycles. The van der Waals surface area contributed by atoms with Gasteiger partial charge in [0, 0.05) is 37.6 Å². The minimum Gasteiger partial charge on any atom is -0.491 e. The van der Waals surface area contributed by atoms with Gasteiger partial charge >= 0.3 is 0 Å². The van der Waals surface area contributed by atoms with E-state index >= 15 is 0 Å². The molecule has 0 N–H and O–H groups in total. The van der Waals surface area contributed by atoms with Crippen molar-refractivity contribution in [2.45, 2.75) is 59.2 Å². The number of anilines is 1. The summed E-state index contributed by atoms with van der Waals surface area (Å²) in [5.74, 6) is 4.26. The fourth-order valence-electron chi connectivity index (χ4n) is 5.34. The van der Waals surface area contributed by atoms with Gasteiger partial charge in [-0.25, -0.2) is 19.6 Å². The molecule has 8 heteroatoms. The average Bonchev–Trinajstić information content (AvgIpc) is 3.56. The van der Waals surface area contributed by atoms with Crippen molar-refractivity contribution in [1.82, 2.24) is 29.3 Å². The van der Waals surface area contributed by atoms with Crippen LogP contribution in [0, 0.1) is 13.8 Å². The summed E-state index contributed by atoms with van der Waals surface area (Å²) in [4.78, 5) is 16.9. The Labute approximate surface area is 205 Å². The van der Waals surface area contributed by atoms with Crippen LogP contribution in [0.1, 0.15) is 36.7 Å². The van der Waals surface area contributed by atoms with Crippen molar-refractivity contribution in [2.75, 3.05) is 18.1 Å². The molecule has 0 spiro atoms. The first-order valence-corrected chi connectivity index (χ1v) is 12.5. The number of pyridine rings is 1. The zero-order valence-electron chi connectivity index (χ0n) is 20.6.